The van der Waals surface area contributed by atoms with Gasteiger partial charge in [-0.05, 0) is 55.0 Å². The second kappa shape index (κ2) is 12.2. The molecule has 0 bridgehead atoms. The third kappa shape index (κ3) is 6.50. The molecule has 36 heavy (non-hydrogen) atoms. The summed E-state index contributed by atoms with van der Waals surface area (Å²) in [5.41, 5.74) is 6.51. The first kappa shape index (κ1) is 24.5. The molecule has 2 N–H and O–H groups in total. The van der Waals surface area contributed by atoms with Gasteiger partial charge in [0.1, 0.15) is 6.61 Å². The zero-order valence-electron chi connectivity index (χ0n) is 19.6. The molecule has 0 spiro atoms. The minimum Gasteiger partial charge on any atom is -0.490 e. The number of anilines is 2. The Morgan fingerprint density at radius 3 is 2.64 bits per heavy atom. The lowest BCUT2D eigenvalue weighted by molar-refractivity contribution is 0.0955. The molecule has 0 fully saturated rings. The highest BCUT2D eigenvalue weighted by atomic mass is 32.1. The monoisotopic (exact) mass is 496 g/mol. The predicted octanol–water partition coefficient (Wildman–Crippen LogP) is 5.73. The molecule has 4 rings (SSSR count). The van der Waals surface area contributed by atoms with E-state index >= 15 is 0 Å². The minimum absolute atomic E-state index is 0.149. The molecule has 0 unspecified atom stereocenters. The fraction of sp³-hybridized carbons (Fsp3) is 0.107. The maximum absolute atomic E-state index is 12.5. The van der Waals surface area contributed by atoms with E-state index < -0.39 is 0 Å². The fourth-order valence-electron chi connectivity index (χ4n) is 3.24. The Labute approximate surface area is 213 Å². The number of rotatable bonds is 10. The number of para-hydroxylation sites is 1. The number of nitrogens with zero attached hydrogens (tertiary/aromatic N) is 2. The Kier molecular flexibility index (Phi) is 8.31. The highest BCUT2D eigenvalue weighted by Gasteiger charge is 2.09. The van der Waals surface area contributed by atoms with Crippen LogP contribution in [0.2, 0.25) is 0 Å². The van der Waals surface area contributed by atoms with Crippen molar-refractivity contribution >= 4 is 34.3 Å². The van der Waals surface area contributed by atoms with Gasteiger partial charge in [-0.15, -0.1) is 17.8 Å². The van der Waals surface area contributed by atoms with E-state index in [1.807, 2.05) is 54.8 Å². The standard InChI is InChI=1S/C28H24N4O3S/c1-3-16-35-25-15-10-20(17-26(25)34-4-2)18-29-32-27(33)22-13-11-21(12-14-22)24-19-36-28(31-24)30-23-8-6-5-7-9-23/h1,5-15,17-19H,4,16H2,2H3,(H,30,31)(H,32,33)/b29-18-. The molecule has 1 heterocycles. The molecule has 4 aromatic rings. The van der Waals surface area contributed by atoms with Crippen LogP contribution in [-0.2, 0) is 0 Å². The number of carbonyl (C=O) groups is 1. The average Bonchev–Trinajstić information content (AvgIpc) is 3.37. The Hall–Kier alpha value is -4.61. The summed E-state index contributed by atoms with van der Waals surface area (Å²) in [4.78, 5) is 17.2. The number of amides is 1. The van der Waals surface area contributed by atoms with E-state index in [0.29, 0.717) is 23.7 Å². The lowest BCUT2D eigenvalue weighted by atomic mass is 10.1. The van der Waals surface area contributed by atoms with E-state index in [4.69, 9.17) is 15.9 Å². The third-order valence-electron chi connectivity index (χ3n) is 4.93. The number of ether oxygens (including phenoxy) is 2. The van der Waals surface area contributed by atoms with Crippen LogP contribution >= 0.6 is 11.3 Å². The Bertz CT molecular complexity index is 1380. The number of aromatic nitrogens is 1. The van der Waals surface area contributed by atoms with Crippen LogP contribution in [0.25, 0.3) is 11.3 Å². The van der Waals surface area contributed by atoms with Gasteiger partial charge in [0.05, 0.1) is 18.5 Å². The van der Waals surface area contributed by atoms with Crippen LogP contribution in [0.3, 0.4) is 0 Å². The molecule has 1 aromatic heterocycles. The van der Waals surface area contributed by atoms with Crippen molar-refractivity contribution in [2.45, 2.75) is 6.92 Å². The topological polar surface area (TPSA) is 84.8 Å². The maximum Gasteiger partial charge on any atom is 0.271 e. The van der Waals surface area contributed by atoms with Gasteiger partial charge in [0, 0.05) is 22.2 Å². The van der Waals surface area contributed by atoms with Gasteiger partial charge < -0.3 is 14.8 Å². The number of hydrogen-bond acceptors (Lipinski definition) is 7. The Morgan fingerprint density at radius 1 is 1.08 bits per heavy atom. The van der Waals surface area contributed by atoms with Gasteiger partial charge in [-0.25, -0.2) is 10.4 Å². The molecule has 7 nitrogen and oxygen atoms in total. The van der Waals surface area contributed by atoms with Crippen LogP contribution in [-0.4, -0.2) is 30.3 Å². The number of terminal acetylenes is 1. The summed E-state index contributed by atoms with van der Waals surface area (Å²) in [6.45, 7) is 2.51. The molecule has 8 heteroatoms. The molecule has 3 aromatic carbocycles. The van der Waals surface area contributed by atoms with Crippen LogP contribution in [0.15, 0.2) is 83.3 Å². The van der Waals surface area contributed by atoms with Crippen LogP contribution < -0.4 is 20.2 Å². The van der Waals surface area contributed by atoms with Crippen LogP contribution in [0.5, 0.6) is 11.5 Å². The van der Waals surface area contributed by atoms with E-state index in [1.54, 1.807) is 30.3 Å². The molecular weight excluding hydrogens is 472 g/mol. The van der Waals surface area contributed by atoms with Crippen molar-refractivity contribution in [1.82, 2.24) is 10.4 Å². The highest BCUT2D eigenvalue weighted by molar-refractivity contribution is 7.14. The molecule has 1 amide bonds. The Balaban J connectivity index is 1.36. The van der Waals surface area contributed by atoms with Crippen molar-refractivity contribution in [3.05, 3.63) is 89.3 Å². The van der Waals surface area contributed by atoms with Gasteiger partial charge in [-0.3, -0.25) is 4.79 Å². The summed E-state index contributed by atoms with van der Waals surface area (Å²) in [6.07, 6.45) is 6.79. The van der Waals surface area contributed by atoms with Crippen LogP contribution in [0, 0.1) is 12.3 Å². The summed E-state index contributed by atoms with van der Waals surface area (Å²) in [7, 11) is 0. The van der Waals surface area contributed by atoms with Crippen molar-refractivity contribution in [1.29, 1.82) is 0 Å². The van der Waals surface area contributed by atoms with Gasteiger partial charge in [0.2, 0.25) is 0 Å². The summed E-state index contributed by atoms with van der Waals surface area (Å²) >= 11 is 1.52. The molecule has 0 saturated carbocycles. The quantitative estimate of drug-likeness (QED) is 0.166. The average molecular weight is 497 g/mol. The summed E-state index contributed by atoms with van der Waals surface area (Å²) < 4.78 is 11.1. The second-order valence-electron chi connectivity index (χ2n) is 7.44. The van der Waals surface area contributed by atoms with E-state index in [9.17, 15) is 4.79 Å². The fourth-order valence-corrected chi connectivity index (χ4v) is 3.98. The molecule has 0 atom stereocenters. The highest BCUT2D eigenvalue weighted by Crippen LogP contribution is 2.28. The van der Waals surface area contributed by atoms with Gasteiger partial charge >= 0.3 is 0 Å². The lowest BCUT2D eigenvalue weighted by Gasteiger charge is -2.10. The third-order valence-corrected chi connectivity index (χ3v) is 5.69. The lowest BCUT2D eigenvalue weighted by Crippen LogP contribution is -2.17. The molecular formula is C28H24N4O3S. The van der Waals surface area contributed by atoms with Crippen molar-refractivity contribution < 1.29 is 14.3 Å². The first-order chi connectivity index (χ1) is 17.7. The number of nitrogens with one attached hydrogen (secondary N) is 2. The predicted molar refractivity (Wildman–Crippen MR) is 144 cm³/mol. The minimum atomic E-state index is -0.318. The molecule has 0 saturated heterocycles. The second-order valence-corrected chi connectivity index (χ2v) is 8.30. The summed E-state index contributed by atoms with van der Waals surface area (Å²) in [5, 5.41) is 10.1. The maximum atomic E-state index is 12.5. The summed E-state index contributed by atoms with van der Waals surface area (Å²) in [5.74, 6) is 3.22. The number of carbonyl (C=O) groups excluding carboxylic acids is 1. The van der Waals surface area contributed by atoms with Crippen LogP contribution in [0.1, 0.15) is 22.8 Å². The van der Waals surface area contributed by atoms with Crippen molar-refractivity contribution in [2.24, 2.45) is 5.10 Å². The number of thiazole rings is 1. The first-order valence-electron chi connectivity index (χ1n) is 11.2. The first-order valence-corrected chi connectivity index (χ1v) is 12.1. The largest absolute Gasteiger partial charge is 0.490 e. The molecule has 0 aliphatic rings. The van der Waals surface area contributed by atoms with Gasteiger partial charge in [0.15, 0.2) is 16.6 Å². The van der Waals surface area contributed by atoms with E-state index in [1.165, 1.54) is 17.6 Å². The zero-order valence-corrected chi connectivity index (χ0v) is 20.4. The van der Waals surface area contributed by atoms with E-state index in [-0.39, 0.29) is 12.5 Å². The Morgan fingerprint density at radius 2 is 1.89 bits per heavy atom. The van der Waals surface area contributed by atoms with Crippen molar-refractivity contribution in [3.8, 4) is 35.1 Å². The number of hydrazone groups is 1. The van der Waals surface area contributed by atoms with Crippen molar-refractivity contribution in [3.63, 3.8) is 0 Å². The van der Waals surface area contributed by atoms with Gasteiger partial charge in [-0.2, -0.15) is 5.10 Å². The van der Waals surface area contributed by atoms with Gasteiger partial charge in [0.25, 0.3) is 5.91 Å². The smallest absolute Gasteiger partial charge is 0.271 e. The normalized spacial score (nSPS) is 10.6. The molecule has 0 aliphatic carbocycles. The van der Waals surface area contributed by atoms with Gasteiger partial charge in [-0.1, -0.05) is 36.3 Å². The number of benzene rings is 3. The molecule has 180 valence electrons. The SMILES string of the molecule is C#CCOc1ccc(/C=N\NC(=O)c2ccc(-c3csc(Nc4ccccc4)n3)cc2)cc1OCC. The summed E-state index contributed by atoms with van der Waals surface area (Å²) in [6, 6.07) is 22.4. The van der Waals surface area contributed by atoms with E-state index in [2.05, 4.69) is 26.7 Å². The number of hydrogen-bond donors (Lipinski definition) is 2. The van der Waals surface area contributed by atoms with Crippen molar-refractivity contribution in [2.75, 3.05) is 18.5 Å². The molecule has 0 aliphatic heterocycles. The van der Waals surface area contributed by atoms with E-state index in [0.717, 1.165) is 27.6 Å². The van der Waals surface area contributed by atoms with Crippen LogP contribution in [0.4, 0.5) is 10.8 Å². The molecule has 0 radical (unpaired) electrons. The zero-order chi connectivity index (χ0) is 25.2.